The van der Waals surface area contributed by atoms with Gasteiger partial charge in [0.25, 0.3) is 0 Å². The summed E-state index contributed by atoms with van der Waals surface area (Å²) >= 11 is 27.5. The quantitative estimate of drug-likeness (QED) is 0.190. The second kappa shape index (κ2) is 17.0. The van der Waals surface area contributed by atoms with Gasteiger partial charge in [-0.2, -0.15) is 10.2 Å². The smallest absolute Gasteiger partial charge is 0.114 e. The molecule has 2 saturated heterocycles. The van der Waals surface area contributed by atoms with Crippen LogP contribution in [0.2, 0.25) is 20.1 Å². The van der Waals surface area contributed by atoms with Crippen LogP contribution in [0.3, 0.4) is 0 Å². The number of nitrogens with one attached hydrogen (secondary N) is 1. The molecule has 8 rings (SSSR count). The van der Waals surface area contributed by atoms with E-state index >= 15 is 0 Å². The maximum absolute atomic E-state index is 6.24. The predicted molar refractivity (Wildman–Crippen MR) is 209 cm³/mol. The first-order valence-corrected chi connectivity index (χ1v) is 18.1. The predicted octanol–water partition coefficient (Wildman–Crippen LogP) is 9.06. The van der Waals surface area contributed by atoms with E-state index in [2.05, 4.69) is 74.5 Å². The number of aromatic nitrogens is 4. The van der Waals surface area contributed by atoms with Gasteiger partial charge in [-0.1, -0.05) is 82.8 Å². The molecule has 0 aliphatic carbocycles. The molecule has 1 N–H and O–H groups in total. The van der Waals surface area contributed by atoms with Crippen molar-refractivity contribution < 1.29 is 0 Å². The zero-order chi connectivity index (χ0) is 34.2. The maximum Gasteiger partial charge on any atom is 0.114 e. The molecule has 0 spiro atoms. The van der Waals surface area contributed by atoms with E-state index in [1.807, 2.05) is 66.9 Å². The molecular formula is C36H33BrCl4N8. The zero-order valence-corrected chi connectivity index (χ0v) is 31.0. The van der Waals surface area contributed by atoms with Gasteiger partial charge in [-0.05, 0) is 64.5 Å². The third kappa shape index (κ3) is 9.03. The summed E-state index contributed by atoms with van der Waals surface area (Å²) in [5.41, 5.74) is 4.98. The van der Waals surface area contributed by atoms with Crippen LogP contribution in [0.5, 0.6) is 0 Å². The fraction of sp³-hybridized carbons (Fsp3) is 0.222. The molecule has 0 radical (unpaired) electrons. The van der Waals surface area contributed by atoms with Crippen molar-refractivity contribution in [3.05, 3.63) is 122 Å². The van der Waals surface area contributed by atoms with Crippen LogP contribution in [0, 0.1) is 0 Å². The van der Waals surface area contributed by atoms with E-state index in [1.54, 1.807) is 12.3 Å². The molecule has 2 aromatic heterocycles. The highest BCUT2D eigenvalue weighted by atomic mass is 79.9. The van der Waals surface area contributed by atoms with E-state index in [4.69, 9.17) is 46.4 Å². The Labute approximate surface area is 314 Å². The molecule has 6 aromatic rings. The van der Waals surface area contributed by atoms with Crippen LogP contribution in [0.4, 0.5) is 17.1 Å². The van der Waals surface area contributed by atoms with Gasteiger partial charge in [0, 0.05) is 89.0 Å². The van der Waals surface area contributed by atoms with Gasteiger partial charge in [0.2, 0.25) is 0 Å². The average Bonchev–Trinajstić information content (AvgIpc) is 3.13. The largest absolute Gasteiger partial charge is 0.369 e. The highest BCUT2D eigenvalue weighted by Crippen LogP contribution is 2.30. The Morgan fingerprint density at radius 3 is 1.61 bits per heavy atom. The number of hydrogen-bond donors (Lipinski definition) is 1. The first kappa shape index (κ1) is 35.4. The van der Waals surface area contributed by atoms with E-state index in [1.165, 1.54) is 11.4 Å². The lowest BCUT2D eigenvalue weighted by molar-refractivity contribution is 0.589. The van der Waals surface area contributed by atoms with Gasteiger partial charge in [0.1, 0.15) is 11.0 Å². The van der Waals surface area contributed by atoms with Gasteiger partial charge in [0.05, 0.1) is 28.1 Å². The Bertz CT molecular complexity index is 1980. The second-order valence-corrected chi connectivity index (χ2v) is 13.9. The Kier molecular flexibility index (Phi) is 12.3. The van der Waals surface area contributed by atoms with Crippen LogP contribution >= 0.6 is 62.3 Å². The number of hydrogen-bond acceptors (Lipinski definition) is 8. The summed E-state index contributed by atoms with van der Waals surface area (Å²) in [5, 5.41) is 24.2. The third-order valence-electron chi connectivity index (χ3n) is 8.26. The minimum atomic E-state index is 0.626. The standard InChI is InChI=1S/C18H16Cl2N4.C10H13ClN2.C8H4BrClN2/c19-13-3-1-4-14(11-13)23-7-9-24(10-8-23)17-12-21-22-18-15(17)5-2-6-16(18)20;11-9-2-1-3-10(8-9)13-6-4-12-5-7-13;9-6-4-11-12-8-5(6)2-1-3-7(8)10/h1-6,11-12H,7-10H2;1-3,8,12H,4-7H2;1-4H. The van der Waals surface area contributed by atoms with Crippen LogP contribution in [0.1, 0.15) is 0 Å². The molecule has 0 amide bonds. The van der Waals surface area contributed by atoms with Crippen molar-refractivity contribution in [1.29, 1.82) is 0 Å². The van der Waals surface area contributed by atoms with Crippen molar-refractivity contribution in [2.75, 3.05) is 67.1 Å². The van der Waals surface area contributed by atoms with Crippen LogP contribution in [-0.4, -0.2) is 72.8 Å². The SMILES string of the molecule is Clc1cccc(N2CCN(c3cnnc4c(Cl)cccc34)CC2)c1.Clc1cccc(N2CCNCC2)c1.Clc1cccc2c(Br)cnnc12. The summed E-state index contributed by atoms with van der Waals surface area (Å²) in [6.45, 7) is 7.97. The average molecular weight is 799 g/mol. The fourth-order valence-electron chi connectivity index (χ4n) is 5.78. The summed E-state index contributed by atoms with van der Waals surface area (Å²) in [6.07, 6.45) is 3.48. The number of nitrogens with zero attached hydrogens (tertiary/aromatic N) is 7. The Morgan fingerprint density at radius 2 is 1.04 bits per heavy atom. The molecule has 2 aliphatic rings. The molecule has 0 bridgehead atoms. The number of rotatable bonds is 3. The van der Waals surface area contributed by atoms with Gasteiger partial charge in [0.15, 0.2) is 0 Å². The highest BCUT2D eigenvalue weighted by Gasteiger charge is 2.20. The fourth-order valence-corrected chi connectivity index (χ4v) is 6.98. The van der Waals surface area contributed by atoms with Crippen molar-refractivity contribution >= 4 is 101 Å². The Hall–Kier alpha value is -3.44. The van der Waals surface area contributed by atoms with E-state index in [0.29, 0.717) is 10.0 Å². The second-order valence-electron chi connectivity index (χ2n) is 11.4. The maximum atomic E-state index is 6.24. The lowest BCUT2D eigenvalue weighted by atomic mass is 10.1. The molecule has 4 aromatic carbocycles. The Morgan fingerprint density at radius 1 is 0.551 bits per heavy atom. The summed E-state index contributed by atoms with van der Waals surface area (Å²) in [5.74, 6) is 0. The number of anilines is 3. The summed E-state index contributed by atoms with van der Waals surface area (Å²) < 4.78 is 0.912. The molecule has 2 fully saturated rings. The van der Waals surface area contributed by atoms with Crippen LogP contribution in [0.15, 0.2) is 102 Å². The van der Waals surface area contributed by atoms with Crippen LogP contribution < -0.4 is 20.0 Å². The molecule has 4 heterocycles. The molecule has 13 heteroatoms. The first-order valence-electron chi connectivity index (χ1n) is 15.8. The molecule has 0 atom stereocenters. The van der Waals surface area contributed by atoms with Gasteiger partial charge < -0.3 is 20.0 Å². The summed E-state index contributed by atoms with van der Waals surface area (Å²) in [7, 11) is 0. The summed E-state index contributed by atoms with van der Waals surface area (Å²) in [6, 6.07) is 27.5. The van der Waals surface area contributed by atoms with Gasteiger partial charge in [-0.25, -0.2) is 0 Å². The van der Waals surface area contributed by atoms with Crippen molar-refractivity contribution in [2.24, 2.45) is 0 Å². The molecule has 0 unspecified atom stereocenters. The molecule has 8 nitrogen and oxygen atoms in total. The van der Waals surface area contributed by atoms with E-state index in [0.717, 1.165) is 94.4 Å². The van der Waals surface area contributed by atoms with Crippen molar-refractivity contribution in [2.45, 2.75) is 0 Å². The minimum Gasteiger partial charge on any atom is -0.369 e. The summed E-state index contributed by atoms with van der Waals surface area (Å²) in [4.78, 5) is 7.04. The Balaban J connectivity index is 0.000000140. The van der Waals surface area contributed by atoms with E-state index < -0.39 is 0 Å². The molecule has 2 aliphatic heterocycles. The van der Waals surface area contributed by atoms with Gasteiger partial charge in [-0.3, -0.25) is 0 Å². The number of piperazine rings is 2. The first-order chi connectivity index (χ1) is 23.9. The van der Waals surface area contributed by atoms with Crippen LogP contribution in [-0.2, 0) is 0 Å². The number of benzene rings is 4. The lowest BCUT2D eigenvalue weighted by Gasteiger charge is -2.37. The number of halogens is 5. The van der Waals surface area contributed by atoms with E-state index in [-0.39, 0.29) is 0 Å². The molecule has 252 valence electrons. The third-order valence-corrected chi connectivity index (χ3v) is 9.97. The van der Waals surface area contributed by atoms with E-state index in [9.17, 15) is 0 Å². The van der Waals surface area contributed by atoms with Gasteiger partial charge >= 0.3 is 0 Å². The van der Waals surface area contributed by atoms with Crippen molar-refractivity contribution in [3.63, 3.8) is 0 Å². The van der Waals surface area contributed by atoms with Gasteiger partial charge in [-0.15, -0.1) is 10.2 Å². The normalized spacial score (nSPS) is 14.6. The molecular weight excluding hydrogens is 766 g/mol. The monoisotopic (exact) mass is 796 g/mol. The lowest BCUT2D eigenvalue weighted by Crippen LogP contribution is -2.46. The van der Waals surface area contributed by atoms with Crippen molar-refractivity contribution in [1.82, 2.24) is 25.7 Å². The highest BCUT2D eigenvalue weighted by molar-refractivity contribution is 9.10. The van der Waals surface area contributed by atoms with Crippen molar-refractivity contribution in [3.8, 4) is 0 Å². The minimum absolute atomic E-state index is 0.626. The zero-order valence-electron chi connectivity index (χ0n) is 26.4. The molecule has 49 heavy (non-hydrogen) atoms. The number of fused-ring (bicyclic) bond motifs is 2. The molecule has 0 saturated carbocycles. The van der Waals surface area contributed by atoms with Crippen LogP contribution in [0.25, 0.3) is 21.8 Å². The topological polar surface area (TPSA) is 73.3 Å².